The average molecular weight is 142 g/mol. The minimum Gasteiger partial charge on any atom is -0.501 e. The van der Waals surface area contributed by atoms with Crippen LogP contribution in [0.2, 0.25) is 0 Å². The lowest BCUT2D eigenvalue weighted by atomic mass is 10.0. The summed E-state index contributed by atoms with van der Waals surface area (Å²) in [5.41, 5.74) is 0. The van der Waals surface area contributed by atoms with E-state index >= 15 is 0 Å². The van der Waals surface area contributed by atoms with Gasteiger partial charge >= 0.3 is 5.97 Å². The maximum atomic E-state index is 10.2. The molecule has 1 heterocycles. The van der Waals surface area contributed by atoms with Crippen molar-refractivity contribution in [2.75, 3.05) is 6.61 Å². The highest BCUT2D eigenvalue weighted by molar-refractivity contribution is 5.67. The van der Waals surface area contributed by atoms with Crippen molar-refractivity contribution in [2.45, 2.75) is 12.8 Å². The molecule has 1 aliphatic heterocycles. The molecule has 0 aromatic carbocycles. The molecule has 0 aliphatic carbocycles. The number of carboxylic acid groups (broad SMARTS) is 1. The molecule has 10 heavy (non-hydrogen) atoms. The van der Waals surface area contributed by atoms with E-state index in [1.54, 1.807) is 12.3 Å². The summed E-state index contributed by atoms with van der Waals surface area (Å²) in [4.78, 5) is 10.2. The molecular weight excluding hydrogens is 132 g/mol. The Bertz CT molecular complexity index is 151. The largest absolute Gasteiger partial charge is 0.501 e. The highest BCUT2D eigenvalue weighted by Crippen LogP contribution is 2.14. The van der Waals surface area contributed by atoms with Crippen molar-refractivity contribution in [2.24, 2.45) is 5.92 Å². The second kappa shape index (κ2) is 3.25. The lowest BCUT2D eigenvalue weighted by Gasteiger charge is -2.13. The third kappa shape index (κ3) is 2.09. The monoisotopic (exact) mass is 142 g/mol. The van der Waals surface area contributed by atoms with Crippen molar-refractivity contribution >= 4 is 5.97 Å². The van der Waals surface area contributed by atoms with Crippen LogP contribution >= 0.6 is 0 Å². The molecule has 0 radical (unpaired) electrons. The maximum Gasteiger partial charge on any atom is 0.303 e. The first-order valence-corrected chi connectivity index (χ1v) is 3.29. The van der Waals surface area contributed by atoms with Gasteiger partial charge in [0.1, 0.15) is 0 Å². The van der Waals surface area contributed by atoms with Crippen molar-refractivity contribution in [3.05, 3.63) is 12.3 Å². The predicted molar refractivity (Wildman–Crippen MR) is 35.5 cm³/mol. The van der Waals surface area contributed by atoms with Gasteiger partial charge in [0.25, 0.3) is 0 Å². The summed E-state index contributed by atoms with van der Waals surface area (Å²) in [5, 5.41) is 8.39. The first-order valence-electron chi connectivity index (χ1n) is 3.29. The number of carbonyl (C=O) groups is 1. The number of allylic oxidation sites excluding steroid dienone is 1. The van der Waals surface area contributed by atoms with Crippen LogP contribution in [0.15, 0.2) is 12.3 Å². The molecule has 1 atom stereocenters. The van der Waals surface area contributed by atoms with Crippen LogP contribution in [0.5, 0.6) is 0 Å². The second-order valence-corrected chi connectivity index (χ2v) is 2.35. The third-order valence-electron chi connectivity index (χ3n) is 1.49. The zero-order valence-electron chi connectivity index (χ0n) is 5.62. The van der Waals surface area contributed by atoms with Gasteiger partial charge in [-0.25, -0.2) is 0 Å². The molecular formula is C7H10O3. The highest BCUT2D eigenvalue weighted by atomic mass is 16.5. The van der Waals surface area contributed by atoms with Gasteiger partial charge in [-0.2, -0.15) is 0 Å². The molecule has 0 amide bonds. The molecule has 56 valence electrons. The van der Waals surface area contributed by atoms with E-state index in [1.807, 2.05) is 0 Å². The van der Waals surface area contributed by atoms with Crippen LogP contribution in [-0.4, -0.2) is 17.7 Å². The minimum atomic E-state index is -0.739. The van der Waals surface area contributed by atoms with Crippen molar-refractivity contribution in [3.63, 3.8) is 0 Å². The van der Waals surface area contributed by atoms with E-state index in [2.05, 4.69) is 0 Å². The lowest BCUT2D eigenvalue weighted by Crippen LogP contribution is -2.10. The van der Waals surface area contributed by atoms with E-state index in [-0.39, 0.29) is 12.3 Å². The van der Waals surface area contributed by atoms with Crippen LogP contribution in [0.25, 0.3) is 0 Å². The molecule has 0 unspecified atom stereocenters. The zero-order chi connectivity index (χ0) is 7.40. The molecule has 0 spiro atoms. The molecule has 3 nitrogen and oxygen atoms in total. The van der Waals surface area contributed by atoms with Gasteiger partial charge < -0.3 is 9.84 Å². The lowest BCUT2D eigenvalue weighted by molar-refractivity contribution is -0.137. The summed E-state index contributed by atoms with van der Waals surface area (Å²) >= 11 is 0. The summed E-state index contributed by atoms with van der Waals surface area (Å²) in [6.45, 7) is 0.647. The first kappa shape index (κ1) is 7.12. The van der Waals surface area contributed by atoms with Crippen molar-refractivity contribution in [1.29, 1.82) is 0 Å². The zero-order valence-corrected chi connectivity index (χ0v) is 5.62. The summed E-state index contributed by atoms with van der Waals surface area (Å²) in [7, 11) is 0. The number of rotatable bonds is 2. The van der Waals surface area contributed by atoms with E-state index in [0.717, 1.165) is 6.42 Å². The normalized spacial score (nSPS) is 23.8. The Kier molecular flexibility index (Phi) is 2.31. The molecule has 3 heteroatoms. The van der Waals surface area contributed by atoms with Crippen LogP contribution in [0.3, 0.4) is 0 Å². The van der Waals surface area contributed by atoms with Gasteiger partial charge in [0.05, 0.1) is 19.3 Å². The Morgan fingerprint density at radius 3 is 3.10 bits per heavy atom. The first-order chi connectivity index (χ1) is 4.79. The van der Waals surface area contributed by atoms with Crippen molar-refractivity contribution in [3.8, 4) is 0 Å². The molecule has 0 saturated heterocycles. The molecule has 0 saturated carbocycles. The Hall–Kier alpha value is -0.990. The van der Waals surface area contributed by atoms with Gasteiger partial charge in [0.15, 0.2) is 0 Å². The Labute approximate surface area is 59.3 Å². The molecule has 1 aliphatic rings. The van der Waals surface area contributed by atoms with Gasteiger partial charge in [-0.15, -0.1) is 0 Å². The van der Waals surface area contributed by atoms with Crippen molar-refractivity contribution < 1.29 is 14.6 Å². The minimum absolute atomic E-state index is 0.172. The molecule has 1 rings (SSSR count). The number of ether oxygens (including phenoxy) is 1. The Balaban J connectivity index is 2.33. The topological polar surface area (TPSA) is 46.5 Å². The molecule has 0 bridgehead atoms. The number of carboxylic acids is 1. The van der Waals surface area contributed by atoms with Gasteiger partial charge in [0, 0.05) is 0 Å². The molecule has 0 aromatic rings. The molecule has 1 N–H and O–H groups in total. The Morgan fingerprint density at radius 2 is 2.60 bits per heavy atom. The van der Waals surface area contributed by atoms with Crippen molar-refractivity contribution in [1.82, 2.24) is 0 Å². The fourth-order valence-electron chi connectivity index (χ4n) is 0.945. The highest BCUT2D eigenvalue weighted by Gasteiger charge is 2.12. The van der Waals surface area contributed by atoms with Crippen LogP contribution in [-0.2, 0) is 9.53 Å². The maximum absolute atomic E-state index is 10.2. The summed E-state index contributed by atoms with van der Waals surface area (Å²) in [6, 6.07) is 0. The van der Waals surface area contributed by atoms with Crippen LogP contribution in [0.4, 0.5) is 0 Å². The van der Waals surface area contributed by atoms with Gasteiger partial charge in [-0.05, 0) is 18.4 Å². The van der Waals surface area contributed by atoms with Gasteiger partial charge in [-0.3, -0.25) is 4.79 Å². The predicted octanol–water partition coefficient (Wildman–Crippen LogP) is 1.01. The van der Waals surface area contributed by atoms with E-state index in [9.17, 15) is 4.79 Å². The van der Waals surface area contributed by atoms with Crippen LogP contribution in [0, 0.1) is 5.92 Å². The summed E-state index contributed by atoms with van der Waals surface area (Å²) in [5.74, 6) is -0.567. The van der Waals surface area contributed by atoms with E-state index in [0.29, 0.717) is 6.61 Å². The van der Waals surface area contributed by atoms with E-state index < -0.39 is 5.97 Å². The standard InChI is InChI=1S/C7H10O3/c8-7(9)5-6-1-3-10-4-2-6/h1,3,6H,2,4-5H2,(H,8,9)/t6-/m1/s1. The number of hydrogen-bond acceptors (Lipinski definition) is 2. The number of aliphatic carboxylic acids is 1. The fourth-order valence-corrected chi connectivity index (χ4v) is 0.945. The second-order valence-electron chi connectivity index (χ2n) is 2.35. The van der Waals surface area contributed by atoms with E-state index in [1.165, 1.54) is 0 Å². The summed E-state index contributed by atoms with van der Waals surface area (Å²) in [6.07, 6.45) is 4.43. The fraction of sp³-hybridized carbons (Fsp3) is 0.571. The van der Waals surface area contributed by atoms with Crippen LogP contribution < -0.4 is 0 Å². The summed E-state index contributed by atoms with van der Waals surface area (Å²) < 4.78 is 4.91. The number of hydrogen-bond donors (Lipinski definition) is 1. The molecule has 0 aromatic heterocycles. The van der Waals surface area contributed by atoms with Gasteiger partial charge in [0.2, 0.25) is 0 Å². The Morgan fingerprint density at radius 1 is 1.80 bits per heavy atom. The average Bonchev–Trinajstić information content (AvgIpc) is 1.88. The SMILES string of the molecule is O=C(O)C[C@@H]1C=COCC1. The molecule has 0 fully saturated rings. The van der Waals surface area contributed by atoms with E-state index in [4.69, 9.17) is 9.84 Å². The van der Waals surface area contributed by atoms with Crippen LogP contribution in [0.1, 0.15) is 12.8 Å². The smallest absolute Gasteiger partial charge is 0.303 e. The van der Waals surface area contributed by atoms with Gasteiger partial charge in [-0.1, -0.05) is 0 Å². The third-order valence-corrected chi connectivity index (χ3v) is 1.49. The quantitative estimate of drug-likeness (QED) is 0.625.